The predicted molar refractivity (Wildman–Crippen MR) is 108 cm³/mol. The minimum atomic E-state index is -0.188. The summed E-state index contributed by atoms with van der Waals surface area (Å²) in [5.74, 6) is 0.550. The second-order valence-corrected chi connectivity index (χ2v) is 7.13. The quantitative estimate of drug-likeness (QED) is 0.806. The SMILES string of the molecule is Cc1cccc(OCC(=O)Nc2cccc(Cl)c2N2CCCCC2)c1C. The van der Waals surface area contributed by atoms with Crippen LogP contribution in [-0.2, 0) is 4.79 Å². The highest BCUT2D eigenvalue weighted by molar-refractivity contribution is 6.34. The zero-order chi connectivity index (χ0) is 18.5. The fourth-order valence-corrected chi connectivity index (χ4v) is 3.56. The number of halogens is 1. The zero-order valence-electron chi connectivity index (χ0n) is 15.3. The van der Waals surface area contributed by atoms with E-state index in [9.17, 15) is 4.79 Å². The number of ether oxygens (including phenoxy) is 1. The molecule has 1 N–H and O–H groups in total. The van der Waals surface area contributed by atoms with Crippen LogP contribution >= 0.6 is 11.6 Å². The lowest BCUT2D eigenvalue weighted by molar-refractivity contribution is -0.118. The Morgan fingerprint density at radius 3 is 2.62 bits per heavy atom. The number of nitrogens with zero attached hydrogens (tertiary/aromatic N) is 1. The number of hydrogen-bond donors (Lipinski definition) is 1. The van der Waals surface area contributed by atoms with E-state index in [4.69, 9.17) is 16.3 Å². The first-order valence-corrected chi connectivity index (χ1v) is 9.46. The van der Waals surface area contributed by atoms with Crippen LogP contribution in [0.1, 0.15) is 30.4 Å². The molecular formula is C21H25ClN2O2. The summed E-state index contributed by atoms with van der Waals surface area (Å²) < 4.78 is 5.71. The van der Waals surface area contributed by atoms with Crippen LogP contribution in [-0.4, -0.2) is 25.6 Å². The van der Waals surface area contributed by atoms with E-state index in [1.165, 1.54) is 6.42 Å². The molecule has 1 aliphatic heterocycles. The maximum atomic E-state index is 12.4. The van der Waals surface area contributed by atoms with Crippen molar-refractivity contribution < 1.29 is 9.53 Å². The number of rotatable bonds is 5. The van der Waals surface area contributed by atoms with Crippen LogP contribution in [0.4, 0.5) is 11.4 Å². The van der Waals surface area contributed by atoms with Crippen LogP contribution in [0.5, 0.6) is 5.75 Å². The smallest absolute Gasteiger partial charge is 0.262 e. The lowest BCUT2D eigenvalue weighted by atomic mass is 10.1. The first-order chi connectivity index (χ1) is 12.6. The van der Waals surface area contributed by atoms with E-state index >= 15 is 0 Å². The molecule has 0 bridgehead atoms. The standard InChI is InChI=1S/C21H25ClN2O2/c1-15-8-6-11-19(16(15)2)26-14-20(25)23-18-10-7-9-17(22)21(18)24-12-4-3-5-13-24/h6-11H,3-5,12-14H2,1-2H3,(H,23,25). The van der Waals surface area contributed by atoms with E-state index in [-0.39, 0.29) is 12.5 Å². The minimum Gasteiger partial charge on any atom is -0.483 e. The predicted octanol–water partition coefficient (Wildman–Crippen LogP) is 4.96. The van der Waals surface area contributed by atoms with Crippen molar-refractivity contribution in [3.05, 3.63) is 52.5 Å². The molecule has 0 atom stereocenters. The first-order valence-electron chi connectivity index (χ1n) is 9.08. The van der Waals surface area contributed by atoms with Crippen LogP contribution in [0.25, 0.3) is 0 Å². The number of hydrogen-bond acceptors (Lipinski definition) is 3. The Bertz CT molecular complexity index is 786. The van der Waals surface area contributed by atoms with Gasteiger partial charge in [0, 0.05) is 13.1 Å². The van der Waals surface area contributed by atoms with E-state index in [0.29, 0.717) is 5.02 Å². The summed E-state index contributed by atoms with van der Waals surface area (Å²) in [4.78, 5) is 14.7. The Kier molecular flexibility index (Phi) is 6.04. The van der Waals surface area contributed by atoms with E-state index in [0.717, 1.165) is 54.2 Å². The van der Waals surface area contributed by atoms with Gasteiger partial charge in [0.2, 0.25) is 0 Å². The monoisotopic (exact) mass is 372 g/mol. The molecule has 0 aliphatic carbocycles. The molecule has 0 radical (unpaired) electrons. The Balaban J connectivity index is 1.69. The Hall–Kier alpha value is -2.20. The molecule has 1 fully saturated rings. The van der Waals surface area contributed by atoms with E-state index < -0.39 is 0 Å². The molecule has 26 heavy (non-hydrogen) atoms. The molecule has 2 aromatic carbocycles. The van der Waals surface area contributed by atoms with Gasteiger partial charge < -0.3 is 15.0 Å². The van der Waals surface area contributed by atoms with Crippen LogP contribution in [0.3, 0.4) is 0 Å². The van der Waals surface area contributed by atoms with Gasteiger partial charge in [-0.3, -0.25) is 4.79 Å². The number of para-hydroxylation sites is 1. The average Bonchev–Trinajstić information content (AvgIpc) is 2.64. The van der Waals surface area contributed by atoms with Crippen LogP contribution < -0.4 is 15.0 Å². The number of benzene rings is 2. The second kappa shape index (κ2) is 8.45. The third-order valence-electron chi connectivity index (χ3n) is 4.85. The molecule has 1 amide bonds. The molecule has 0 unspecified atom stereocenters. The van der Waals surface area contributed by atoms with Crippen molar-refractivity contribution in [3.63, 3.8) is 0 Å². The number of carbonyl (C=O) groups excluding carboxylic acids is 1. The molecule has 138 valence electrons. The van der Waals surface area contributed by atoms with Gasteiger partial charge in [-0.1, -0.05) is 29.8 Å². The van der Waals surface area contributed by atoms with Crippen molar-refractivity contribution in [3.8, 4) is 5.75 Å². The zero-order valence-corrected chi connectivity index (χ0v) is 16.1. The number of aryl methyl sites for hydroxylation is 1. The topological polar surface area (TPSA) is 41.6 Å². The molecule has 0 spiro atoms. The fourth-order valence-electron chi connectivity index (χ4n) is 3.27. The van der Waals surface area contributed by atoms with Crippen molar-refractivity contribution in [1.82, 2.24) is 0 Å². The molecule has 1 heterocycles. The molecule has 5 heteroatoms. The van der Waals surface area contributed by atoms with E-state index in [1.807, 2.05) is 50.2 Å². The van der Waals surface area contributed by atoms with E-state index in [2.05, 4.69) is 10.2 Å². The maximum Gasteiger partial charge on any atom is 0.262 e. The van der Waals surface area contributed by atoms with Gasteiger partial charge in [0.1, 0.15) is 5.75 Å². The Morgan fingerprint density at radius 1 is 1.12 bits per heavy atom. The van der Waals surface area contributed by atoms with Gasteiger partial charge in [0.25, 0.3) is 5.91 Å². The van der Waals surface area contributed by atoms with Crippen LogP contribution in [0.15, 0.2) is 36.4 Å². The van der Waals surface area contributed by atoms with E-state index in [1.54, 1.807) is 0 Å². The molecule has 1 aliphatic rings. The molecule has 1 saturated heterocycles. The maximum absolute atomic E-state index is 12.4. The summed E-state index contributed by atoms with van der Waals surface area (Å²) in [5.41, 5.74) is 3.85. The highest BCUT2D eigenvalue weighted by Crippen LogP contribution is 2.35. The van der Waals surface area contributed by atoms with Crippen LogP contribution in [0.2, 0.25) is 5.02 Å². The number of anilines is 2. The van der Waals surface area contributed by atoms with Gasteiger partial charge in [-0.15, -0.1) is 0 Å². The second-order valence-electron chi connectivity index (χ2n) is 6.72. The highest BCUT2D eigenvalue weighted by atomic mass is 35.5. The lowest BCUT2D eigenvalue weighted by Gasteiger charge is -2.31. The average molecular weight is 373 g/mol. The third-order valence-corrected chi connectivity index (χ3v) is 5.15. The summed E-state index contributed by atoms with van der Waals surface area (Å²) in [6.07, 6.45) is 3.54. The minimum absolute atomic E-state index is 0.0315. The Labute approximate surface area is 160 Å². The summed E-state index contributed by atoms with van der Waals surface area (Å²) >= 11 is 6.43. The number of carbonyl (C=O) groups is 1. The largest absolute Gasteiger partial charge is 0.483 e. The number of nitrogens with one attached hydrogen (secondary N) is 1. The normalized spacial score (nSPS) is 14.2. The van der Waals surface area contributed by atoms with Gasteiger partial charge in [0.15, 0.2) is 6.61 Å². The summed E-state index contributed by atoms with van der Waals surface area (Å²) in [6.45, 7) is 5.92. The van der Waals surface area contributed by atoms with Crippen molar-refractivity contribution in [2.45, 2.75) is 33.1 Å². The van der Waals surface area contributed by atoms with Crippen molar-refractivity contribution in [2.24, 2.45) is 0 Å². The highest BCUT2D eigenvalue weighted by Gasteiger charge is 2.19. The summed E-state index contributed by atoms with van der Waals surface area (Å²) in [5, 5.41) is 3.63. The van der Waals surface area contributed by atoms with Crippen LogP contribution in [0, 0.1) is 13.8 Å². The fraction of sp³-hybridized carbons (Fsp3) is 0.381. The van der Waals surface area contributed by atoms with Crippen molar-refractivity contribution in [1.29, 1.82) is 0 Å². The lowest BCUT2D eigenvalue weighted by Crippen LogP contribution is -2.31. The number of piperidine rings is 1. The number of amides is 1. The molecular weight excluding hydrogens is 348 g/mol. The molecule has 2 aromatic rings. The third kappa shape index (κ3) is 4.31. The molecule has 0 saturated carbocycles. The Morgan fingerprint density at radius 2 is 1.85 bits per heavy atom. The van der Waals surface area contributed by atoms with Gasteiger partial charge in [-0.25, -0.2) is 0 Å². The molecule has 4 nitrogen and oxygen atoms in total. The summed E-state index contributed by atoms with van der Waals surface area (Å²) in [7, 11) is 0. The first kappa shape index (κ1) is 18.6. The summed E-state index contributed by atoms with van der Waals surface area (Å²) in [6, 6.07) is 11.5. The van der Waals surface area contributed by atoms with Gasteiger partial charge in [-0.2, -0.15) is 0 Å². The van der Waals surface area contributed by atoms with Crippen molar-refractivity contribution >= 4 is 28.9 Å². The van der Waals surface area contributed by atoms with Crippen molar-refractivity contribution in [2.75, 3.05) is 29.9 Å². The van der Waals surface area contributed by atoms with Gasteiger partial charge in [0.05, 0.1) is 16.4 Å². The molecule has 0 aromatic heterocycles. The van der Waals surface area contributed by atoms with Gasteiger partial charge >= 0.3 is 0 Å². The van der Waals surface area contributed by atoms with Gasteiger partial charge in [-0.05, 0) is 62.4 Å². The molecule has 3 rings (SSSR count).